The summed E-state index contributed by atoms with van der Waals surface area (Å²) in [7, 11) is 0. The maximum absolute atomic E-state index is 11.6. The summed E-state index contributed by atoms with van der Waals surface area (Å²) in [5.74, 6) is -1.15. The quantitative estimate of drug-likeness (QED) is 0.343. The number of ether oxygens (including phenoxy) is 2. The van der Waals surface area contributed by atoms with Crippen LogP contribution in [0.25, 0.3) is 0 Å². The van der Waals surface area contributed by atoms with Gasteiger partial charge in [-0.25, -0.2) is 0 Å². The minimum absolute atomic E-state index is 0.210. The van der Waals surface area contributed by atoms with Crippen LogP contribution in [0.2, 0.25) is 0 Å². The Kier molecular flexibility index (Phi) is 2.48. The average Bonchev–Trinajstić information content (AvgIpc) is 2.88. The van der Waals surface area contributed by atoms with Crippen molar-refractivity contribution in [3.63, 3.8) is 0 Å². The van der Waals surface area contributed by atoms with Gasteiger partial charge in [0.15, 0.2) is 0 Å². The molecule has 1 saturated heterocycles. The molecule has 1 N–H and O–H groups in total. The van der Waals surface area contributed by atoms with Gasteiger partial charge >= 0.3 is 11.9 Å². The largest absolute Gasteiger partial charge is 0.481 e. The summed E-state index contributed by atoms with van der Waals surface area (Å²) >= 11 is 0. The van der Waals surface area contributed by atoms with E-state index in [1.807, 2.05) is 0 Å². The van der Waals surface area contributed by atoms with E-state index < -0.39 is 24.0 Å². The maximum atomic E-state index is 11.6. The number of epoxide rings is 1. The highest BCUT2D eigenvalue weighted by Crippen LogP contribution is 2.62. The van der Waals surface area contributed by atoms with Crippen molar-refractivity contribution >= 4 is 11.9 Å². The van der Waals surface area contributed by atoms with Crippen molar-refractivity contribution in [1.29, 1.82) is 0 Å². The smallest absolute Gasteiger partial charge is 0.317 e. The van der Waals surface area contributed by atoms with Gasteiger partial charge in [-0.2, -0.15) is 0 Å². The number of carboxylic acid groups (broad SMARTS) is 1. The van der Waals surface area contributed by atoms with Crippen molar-refractivity contribution in [2.24, 2.45) is 11.8 Å². The number of carbonyl (C=O) groups is 2. The van der Waals surface area contributed by atoms with Crippen LogP contribution in [-0.4, -0.2) is 34.9 Å². The molecule has 18 heavy (non-hydrogen) atoms. The molecule has 2 aliphatic carbocycles. The predicted octanol–water partition coefficient (Wildman–Crippen LogP) is 1.13. The van der Waals surface area contributed by atoms with E-state index in [9.17, 15) is 9.59 Å². The molecule has 3 fully saturated rings. The molecular weight excluding hydrogens is 236 g/mol. The SMILES string of the molecule is C=CCC1(OC(=O)CC(=O)O)CC2CC1C1OC21. The summed E-state index contributed by atoms with van der Waals surface area (Å²) in [6.07, 6.45) is 4.09. The van der Waals surface area contributed by atoms with E-state index in [2.05, 4.69) is 6.58 Å². The number of hydrogen-bond donors (Lipinski definition) is 1. The minimum Gasteiger partial charge on any atom is -0.481 e. The van der Waals surface area contributed by atoms with Gasteiger partial charge in [-0.05, 0) is 18.8 Å². The molecule has 5 unspecified atom stereocenters. The van der Waals surface area contributed by atoms with Gasteiger partial charge in [0.2, 0.25) is 0 Å². The minimum atomic E-state index is -1.16. The number of fused-ring (bicyclic) bond motifs is 5. The van der Waals surface area contributed by atoms with Crippen molar-refractivity contribution in [3.8, 4) is 0 Å². The third-order valence-corrected chi connectivity index (χ3v) is 4.37. The van der Waals surface area contributed by atoms with E-state index in [-0.39, 0.29) is 12.0 Å². The zero-order valence-electron chi connectivity index (χ0n) is 10.0. The van der Waals surface area contributed by atoms with Crippen LogP contribution in [0.5, 0.6) is 0 Å². The van der Waals surface area contributed by atoms with E-state index in [4.69, 9.17) is 14.6 Å². The van der Waals surface area contributed by atoms with Crippen LogP contribution in [0.4, 0.5) is 0 Å². The molecule has 3 aliphatic rings. The molecular formula is C13H16O5. The first-order chi connectivity index (χ1) is 8.55. The molecule has 0 aromatic heterocycles. The highest BCUT2D eigenvalue weighted by molar-refractivity contribution is 5.90. The molecule has 98 valence electrons. The van der Waals surface area contributed by atoms with E-state index in [0.29, 0.717) is 18.4 Å². The van der Waals surface area contributed by atoms with Gasteiger partial charge in [0.25, 0.3) is 0 Å². The Bertz CT molecular complexity index is 418. The molecule has 2 bridgehead atoms. The van der Waals surface area contributed by atoms with E-state index in [1.54, 1.807) is 6.08 Å². The monoisotopic (exact) mass is 252 g/mol. The van der Waals surface area contributed by atoms with E-state index >= 15 is 0 Å². The molecule has 5 heteroatoms. The Hall–Kier alpha value is -1.36. The summed E-state index contributed by atoms with van der Waals surface area (Å²) in [6, 6.07) is 0. The summed E-state index contributed by atoms with van der Waals surface area (Å²) < 4.78 is 11.1. The summed E-state index contributed by atoms with van der Waals surface area (Å²) in [5.41, 5.74) is -0.573. The lowest BCUT2D eigenvalue weighted by Crippen LogP contribution is -2.43. The van der Waals surface area contributed by atoms with Gasteiger partial charge in [0.05, 0.1) is 12.2 Å². The highest BCUT2D eigenvalue weighted by atomic mass is 16.6. The lowest BCUT2D eigenvalue weighted by atomic mass is 9.81. The lowest BCUT2D eigenvalue weighted by molar-refractivity contribution is -0.168. The Balaban J connectivity index is 1.74. The van der Waals surface area contributed by atoms with Crippen LogP contribution >= 0.6 is 0 Å². The highest BCUT2D eigenvalue weighted by Gasteiger charge is 2.69. The zero-order chi connectivity index (χ0) is 12.9. The molecule has 0 amide bonds. The molecule has 0 spiro atoms. The van der Waals surface area contributed by atoms with Gasteiger partial charge in [-0.1, -0.05) is 6.08 Å². The fourth-order valence-corrected chi connectivity index (χ4v) is 3.77. The molecule has 5 atom stereocenters. The molecule has 3 rings (SSSR count). The van der Waals surface area contributed by atoms with Crippen molar-refractivity contribution in [2.45, 2.75) is 43.5 Å². The Morgan fingerprint density at radius 1 is 1.50 bits per heavy atom. The fraction of sp³-hybridized carbons (Fsp3) is 0.692. The van der Waals surface area contributed by atoms with Crippen LogP contribution in [0.3, 0.4) is 0 Å². The van der Waals surface area contributed by atoms with Gasteiger partial charge in [0.1, 0.15) is 12.0 Å². The molecule has 1 heterocycles. The normalized spacial score (nSPS) is 43.3. The molecule has 2 saturated carbocycles. The van der Waals surface area contributed by atoms with Gasteiger partial charge in [-0.15, -0.1) is 6.58 Å². The van der Waals surface area contributed by atoms with Crippen LogP contribution < -0.4 is 0 Å². The van der Waals surface area contributed by atoms with Crippen LogP contribution in [0.15, 0.2) is 12.7 Å². The molecule has 1 aliphatic heterocycles. The molecule has 0 aromatic carbocycles. The number of esters is 1. The van der Waals surface area contributed by atoms with E-state index in [1.165, 1.54) is 0 Å². The van der Waals surface area contributed by atoms with E-state index in [0.717, 1.165) is 12.8 Å². The number of hydrogen-bond acceptors (Lipinski definition) is 4. The van der Waals surface area contributed by atoms with Crippen molar-refractivity contribution in [1.82, 2.24) is 0 Å². The average molecular weight is 252 g/mol. The molecule has 5 nitrogen and oxygen atoms in total. The third-order valence-electron chi connectivity index (χ3n) is 4.37. The van der Waals surface area contributed by atoms with Crippen LogP contribution in [0, 0.1) is 11.8 Å². The van der Waals surface area contributed by atoms with Gasteiger partial charge in [-0.3, -0.25) is 9.59 Å². The number of carbonyl (C=O) groups excluding carboxylic acids is 1. The Labute approximate surface area is 105 Å². The first-order valence-electron chi connectivity index (χ1n) is 6.26. The zero-order valence-corrected chi connectivity index (χ0v) is 10.0. The summed E-state index contributed by atoms with van der Waals surface area (Å²) in [4.78, 5) is 22.1. The standard InChI is InChI=1S/C13H16O5/c1-2-3-13(18-10(16)5-9(14)15)6-7-4-8(13)12-11(7)17-12/h2,7-8,11-12H,1,3-6H2,(H,14,15). The first-order valence-corrected chi connectivity index (χ1v) is 6.26. The third kappa shape index (κ3) is 1.65. The van der Waals surface area contributed by atoms with Gasteiger partial charge in [0, 0.05) is 12.3 Å². The number of rotatable bonds is 5. The Morgan fingerprint density at radius 2 is 2.28 bits per heavy atom. The second-order valence-electron chi connectivity index (χ2n) is 5.47. The predicted molar refractivity (Wildman–Crippen MR) is 60.8 cm³/mol. The fourth-order valence-electron chi connectivity index (χ4n) is 3.77. The van der Waals surface area contributed by atoms with Crippen molar-refractivity contribution < 1.29 is 24.2 Å². The Morgan fingerprint density at radius 3 is 2.83 bits per heavy atom. The lowest BCUT2D eigenvalue weighted by Gasteiger charge is -2.35. The van der Waals surface area contributed by atoms with Crippen molar-refractivity contribution in [3.05, 3.63) is 12.7 Å². The van der Waals surface area contributed by atoms with Crippen molar-refractivity contribution in [2.75, 3.05) is 0 Å². The summed E-state index contributed by atoms with van der Waals surface area (Å²) in [5, 5.41) is 8.62. The molecule has 0 aromatic rings. The topological polar surface area (TPSA) is 76.1 Å². The molecule has 0 radical (unpaired) electrons. The second kappa shape index (κ2) is 3.82. The number of aliphatic carboxylic acids is 1. The first kappa shape index (κ1) is 11.7. The maximum Gasteiger partial charge on any atom is 0.317 e. The summed E-state index contributed by atoms with van der Waals surface area (Å²) in [6.45, 7) is 3.71. The van der Waals surface area contributed by atoms with Crippen LogP contribution in [0.1, 0.15) is 25.7 Å². The van der Waals surface area contributed by atoms with Crippen LogP contribution in [-0.2, 0) is 19.1 Å². The second-order valence-corrected chi connectivity index (χ2v) is 5.47. The van der Waals surface area contributed by atoms with Gasteiger partial charge < -0.3 is 14.6 Å². The number of carboxylic acids is 1.